The van der Waals surface area contributed by atoms with Crippen molar-refractivity contribution in [1.29, 1.82) is 0 Å². The van der Waals surface area contributed by atoms with Crippen molar-refractivity contribution in [3.05, 3.63) is 117 Å². The lowest BCUT2D eigenvalue weighted by Crippen LogP contribution is -2.09. The molecule has 0 spiro atoms. The fourth-order valence-electron chi connectivity index (χ4n) is 4.24. The average Bonchev–Trinajstić information content (AvgIpc) is 3.67. The smallest absolute Gasteiger partial charge is 0.312 e. The normalized spacial score (nSPS) is 14.7. The first-order valence-electron chi connectivity index (χ1n) is 11.7. The standard InChI is InChI=1S/C15H13NO3.C14H12O3S/c17-14(10-4-2-1-3-5-10)13-7-6-12-11(15(18)19)8-9-16(12)13;1-9(14(16)17)10-4-6-11(7-5-10)13(15)12-3-2-8-18-12/h1-7,11H,8-9H2,(H,18,19);2-9H,1H3,(H,16,17). The molecule has 3 heterocycles. The summed E-state index contributed by atoms with van der Waals surface area (Å²) >= 11 is 1.40. The fourth-order valence-corrected chi connectivity index (χ4v) is 4.93. The lowest BCUT2D eigenvalue weighted by atomic mass is 9.99. The Kier molecular flexibility index (Phi) is 7.79. The van der Waals surface area contributed by atoms with Gasteiger partial charge in [0.1, 0.15) is 0 Å². The van der Waals surface area contributed by atoms with Crippen molar-refractivity contribution in [2.24, 2.45) is 0 Å². The molecule has 5 rings (SSSR count). The Morgan fingerprint density at radius 2 is 1.51 bits per heavy atom. The number of carboxylic acids is 2. The topological polar surface area (TPSA) is 114 Å². The van der Waals surface area contributed by atoms with Gasteiger partial charge in [-0.3, -0.25) is 19.2 Å². The van der Waals surface area contributed by atoms with Gasteiger partial charge in [-0.15, -0.1) is 11.3 Å². The Balaban J connectivity index is 0.000000173. The number of aromatic nitrogens is 1. The molecule has 37 heavy (non-hydrogen) atoms. The van der Waals surface area contributed by atoms with Crippen LogP contribution in [0.25, 0.3) is 0 Å². The Hall–Kier alpha value is -4.30. The van der Waals surface area contributed by atoms with Crippen molar-refractivity contribution in [2.45, 2.75) is 31.7 Å². The Morgan fingerprint density at radius 1 is 0.838 bits per heavy atom. The Morgan fingerprint density at radius 3 is 2.11 bits per heavy atom. The summed E-state index contributed by atoms with van der Waals surface area (Å²) in [6.45, 7) is 2.21. The molecule has 0 fully saturated rings. The van der Waals surface area contributed by atoms with Crippen LogP contribution in [-0.4, -0.2) is 38.3 Å². The zero-order chi connectivity index (χ0) is 26.5. The number of hydrogen-bond donors (Lipinski definition) is 2. The third-order valence-corrected chi connectivity index (χ3v) is 7.24. The minimum Gasteiger partial charge on any atom is -0.481 e. The predicted molar refractivity (Wildman–Crippen MR) is 140 cm³/mol. The molecule has 0 amide bonds. The first-order chi connectivity index (χ1) is 17.8. The number of fused-ring (bicyclic) bond motifs is 1. The zero-order valence-electron chi connectivity index (χ0n) is 20.0. The van der Waals surface area contributed by atoms with Crippen LogP contribution in [0.1, 0.15) is 67.7 Å². The summed E-state index contributed by atoms with van der Waals surface area (Å²) in [5.74, 6) is -2.83. The van der Waals surface area contributed by atoms with Crippen LogP contribution in [0.3, 0.4) is 0 Å². The van der Waals surface area contributed by atoms with E-state index in [4.69, 9.17) is 10.2 Å². The largest absolute Gasteiger partial charge is 0.481 e. The molecular formula is C29H25NO6S. The van der Waals surface area contributed by atoms with Crippen LogP contribution in [0.2, 0.25) is 0 Å². The fraction of sp³-hybridized carbons (Fsp3) is 0.172. The third kappa shape index (κ3) is 5.59. The van der Waals surface area contributed by atoms with Crippen LogP contribution in [-0.2, 0) is 16.1 Å². The highest BCUT2D eigenvalue weighted by atomic mass is 32.1. The highest BCUT2D eigenvalue weighted by Gasteiger charge is 2.31. The second-order valence-corrected chi connectivity index (χ2v) is 9.61. The van der Waals surface area contributed by atoms with Gasteiger partial charge in [-0.1, -0.05) is 60.7 Å². The monoisotopic (exact) mass is 515 g/mol. The molecule has 2 unspecified atom stereocenters. The summed E-state index contributed by atoms with van der Waals surface area (Å²) < 4.78 is 1.83. The molecule has 2 atom stereocenters. The molecular weight excluding hydrogens is 490 g/mol. The molecule has 1 aliphatic rings. The van der Waals surface area contributed by atoms with E-state index in [0.29, 0.717) is 40.2 Å². The van der Waals surface area contributed by atoms with Crippen molar-refractivity contribution < 1.29 is 29.4 Å². The van der Waals surface area contributed by atoms with Gasteiger partial charge in [-0.2, -0.15) is 0 Å². The Bertz CT molecular complexity index is 1420. The summed E-state index contributed by atoms with van der Waals surface area (Å²) in [6, 6.07) is 22.9. The van der Waals surface area contributed by atoms with Gasteiger partial charge in [0.25, 0.3) is 0 Å². The SMILES string of the molecule is CC(C(=O)O)c1ccc(C(=O)c2cccs2)cc1.O=C(c1ccccc1)c1ccc2n1CCC2C(=O)O. The maximum absolute atomic E-state index is 12.4. The van der Waals surface area contributed by atoms with E-state index < -0.39 is 23.8 Å². The first-order valence-corrected chi connectivity index (χ1v) is 12.6. The second-order valence-electron chi connectivity index (χ2n) is 8.66. The molecule has 0 radical (unpaired) electrons. The molecule has 4 aromatic rings. The Labute approximate surface area is 217 Å². The molecule has 7 nitrogen and oxygen atoms in total. The van der Waals surface area contributed by atoms with Crippen molar-refractivity contribution in [2.75, 3.05) is 0 Å². The maximum atomic E-state index is 12.4. The quantitative estimate of drug-likeness (QED) is 0.316. The van der Waals surface area contributed by atoms with Crippen molar-refractivity contribution in [3.8, 4) is 0 Å². The third-order valence-electron chi connectivity index (χ3n) is 6.37. The second kappa shape index (κ2) is 11.2. The summed E-state index contributed by atoms with van der Waals surface area (Å²) in [7, 11) is 0. The molecule has 188 valence electrons. The number of carboxylic acid groups (broad SMARTS) is 2. The molecule has 0 bridgehead atoms. The van der Waals surface area contributed by atoms with E-state index in [1.54, 1.807) is 61.5 Å². The number of nitrogens with zero attached hydrogens (tertiary/aromatic N) is 1. The van der Waals surface area contributed by atoms with Gasteiger partial charge >= 0.3 is 11.9 Å². The van der Waals surface area contributed by atoms with Crippen molar-refractivity contribution in [1.82, 2.24) is 4.57 Å². The summed E-state index contributed by atoms with van der Waals surface area (Å²) in [5.41, 5.74) is 3.21. The van der Waals surface area contributed by atoms with E-state index in [1.165, 1.54) is 11.3 Å². The van der Waals surface area contributed by atoms with Gasteiger partial charge in [0.2, 0.25) is 11.6 Å². The van der Waals surface area contributed by atoms with Gasteiger partial charge < -0.3 is 14.8 Å². The molecule has 2 aromatic carbocycles. The molecule has 0 aliphatic carbocycles. The molecule has 0 saturated carbocycles. The van der Waals surface area contributed by atoms with E-state index in [1.807, 2.05) is 34.2 Å². The number of thiophene rings is 1. The summed E-state index contributed by atoms with van der Waals surface area (Å²) in [6.07, 6.45) is 0.556. The van der Waals surface area contributed by atoms with Gasteiger partial charge in [0.15, 0.2) is 0 Å². The number of aliphatic carboxylic acids is 2. The van der Waals surface area contributed by atoms with E-state index in [-0.39, 0.29) is 11.6 Å². The summed E-state index contributed by atoms with van der Waals surface area (Å²) in [4.78, 5) is 47.0. The van der Waals surface area contributed by atoms with E-state index in [2.05, 4.69) is 0 Å². The van der Waals surface area contributed by atoms with E-state index in [0.717, 1.165) is 5.69 Å². The number of ketones is 2. The number of carbonyl (C=O) groups excluding carboxylic acids is 2. The average molecular weight is 516 g/mol. The van der Waals surface area contributed by atoms with Crippen LogP contribution in [0.15, 0.2) is 84.2 Å². The zero-order valence-corrected chi connectivity index (χ0v) is 20.9. The van der Waals surface area contributed by atoms with Crippen molar-refractivity contribution in [3.63, 3.8) is 0 Å². The van der Waals surface area contributed by atoms with E-state index in [9.17, 15) is 19.2 Å². The maximum Gasteiger partial charge on any atom is 0.312 e. The van der Waals surface area contributed by atoms with Crippen LogP contribution >= 0.6 is 11.3 Å². The highest BCUT2D eigenvalue weighted by Crippen LogP contribution is 2.31. The molecule has 8 heteroatoms. The number of hydrogen-bond acceptors (Lipinski definition) is 5. The number of carbonyl (C=O) groups is 4. The van der Waals surface area contributed by atoms with Gasteiger partial charge in [0, 0.05) is 23.4 Å². The molecule has 1 aliphatic heterocycles. The van der Waals surface area contributed by atoms with Gasteiger partial charge in [-0.05, 0) is 42.5 Å². The van der Waals surface area contributed by atoms with Gasteiger partial charge in [-0.25, -0.2) is 0 Å². The van der Waals surface area contributed by atoms with Gasteiger partial charge in [0.05, 0.1) is 22.4 Å². The van der Waals surface area contributed by atoms with E-state index >= 15 is 0 Å². The molecule has 0 saturated heterocycles. The first kappa shape index (κ1) is 25.8. The van der Waals surface area contributed by atoms with Crippen molar-refractivity contribution >= 4 is 34.8 Å². The van der Waals surface area contributed by atoms with Crippen LogP contribution in [0.5, 0.6) is 0 Å². The van der Waals surface area contributed by atoms with Crippen LogP contribution < -0.4 is 0 Å². The molecule has 2 N–H and O–H groups in total. The van der Waals surface area contributed by atoms with Crippen LogP contribution in [0, 0.1) is 0 Å². The van der Waals surface area contributed by atoms with Crippen LogP contribution in [0.4, 0.5) is 0 Å². The lowest BCUT2D eigenvalue weighted by Gasteiger charge is -2.06. The lowest BCUT2D eigenvalue weighted by molar-refractivity contribution is -0.139. The minimum atomic E-state index is -0.868. The molecule has 2 aromatic heterocycles. The number of benzene rings is 2. The number of rotatable bonds is 7. The predicted octanol–water partition coefficient (Wildman–Crippen LogP) is 5.46. The summed E-state index contributed by atoms with van der Waals surface area (Å²) in [5, 5.41) is 19.9. The minimum absolute atomic E-state index is 0.0282. The highest BCUT2D eigenvalue weighted by molar-refractivity contribution is 7.12.